The van der Waals surface area contributed by atoms with Crippen LogP contribution in [0.25, 0.3) is 0 Å². The van der Waals surface area contributed by atoms with Crippen molar-refractivity contribution in [2.45, 2.75) is 196 Å². The van der Waals surface area contributed by atoms with Crippen LogP contribution in [0.4, 0.5) is 5.69 Å². The van der Waals surface area contributed by atoms with Gasteiger partial charge in [-0.3, -0.25) is 19.2 Å². The number of nitrogens with two attached hydrogens (primary N) is 2. The first-order valence-electron chi connectivity index (χ1n) is 26.9. The third kappa shape index (κ3) is 22.6. The van der Waals surface area contributed by atoms with E-state index in [2.05, 4.69) is 0 Å². The number of benzene rings is 1. The van der Waals surface area contributed by atoms with Gasteiger partial charge in [-0.1, -0.05) is 98.9 Å². The molecular weight excluding hydrogens is 1010 g/mol. The van der Waals surface area contributed by atoms with Crippen LogP contribution >= 0.6 is 0 Å². The van der Waals surface area contributed by atoms with Gasteiger partial charge < -0.3 is 81.5 Å². The summed E-state index contributed by atoms with van der Waals surface area (Å²) in [4.78, 5) is 51.6. The second-order valence-corrected chi connectivity index (χ2v) is 21.0. The molecule has 0 radical (unpaired) electrons. The molecule has 18 atom stereocenters. The smallest absolute Gasteiger partial charge is 0.313 e. The third-order valence-electron chi connectivity index (χ3n) is 14.1. The summed E-state index contributed by atoms with van der Waals surface area (Å²) in [6.07, 6.45) is 6.31. The van der Waals surface area contributed by atoms with Crippen LogP contribution in [0.1, 0.15) is 115 Å². The van der Waals surface area contributed by atoms with Crippen molar-refractivity contribution in [1.82, 2.24) is 0 Å². The lowest BCUT2D eigenvalue weighted by Gasteiger charge is -2.45. The zero-order valence-corrected chi connectivity index (χ0v) is 44.8. The van der Waals surface area contributed by atoms with Gasteiger partial charge in [0.25, 0.3) is 0 Å². The Bertz CT molecular complexity index is 2250. The number of esters is 1. The number of Topliss-reactive ketones (excluding diaryl/α,β-unsaturated/α-hetero) is 2. The van der Waals surface area contributed by atoms with Gasteiger partial charge in [-0.25, -0.2) is 0 Å². The number of carbonyl (C=O) groups excluding carboxylic acids is 3. The van der Waals surface area contributed by atoms with E-state index < -0.39 is 141 Å². The number of aliphatic hydroxyl groups excluding tert-OH is 8. The normalized spacial score (nSPS) is 34.9. The molecule has 0 aromatic heterocycles. The minimum atomic E-state index is -2.27. The molecule has 1 aromatic carbocycles. The number of hydrogen-bond acceptors (Lipinski definition) is 19. The summed E-state index contributed by atoms with van der Waals surface area (Å²) in [5.41, 5.74) is 12.7. The largest absolute Gasteiger partial charge is 0.481 e. The topological polar surface area (TPSA) is 360 Å². The summed E-state index contributed by atoms with van der Waals surface area (Å²) in [6, 6.07) is 5.26. The average Bonchev–Trinajstić information content (AvgIpc) is 3.41. The second kappa shape index (κ2) is 32.9. The molecule has 0 amide bonds. The number of allylic oxidation sites excluding steroid dienone is 12. The third-order valence-corrected chi connectivity index (χ3v) is 14.1. The summed E-state index contributed by atoms with van der Waals surface area (Å²) < 4.78 is 23.7. The summed E-state index contributed by atoms with van der Waals surface area (Å²) in [6.45, 7) is 5.23. The highest BCUT2D eigenvalue weighted by Crippen LogP contribution is 2.38. The van der Waals surface area contributed by atoms with E-state index in [1.54, 1.807) is 97.2 Å². The van der Waals surface area contributed by atoms with E-state index in [9.17, 15) is 70.2 Å². The molecule has 434 valence electrons. The lowest BCUT2D eigenvalue weighted by atomic mass is 9.82. The van der Waals surface area contributed by atoms with Gasteiger partial charge in [0.1, 0.15) is 30.3 Å². The molecule has 3 aliphatic rings. The number of ether oxygens (including phenoxy) is 4. The average molecular weight is 1100 g/mol. The number of aliphatic carboxylic acids is 1. The van der Waals surface area contributed by atoms with Gasteiger partial charge >= 0.3 is 11.9 Å². The Hall–Kier alpha value is -5.04. The molecule has 78 heavy (non-hydrogen) atoms. The number of hydrogen-bond donors (Lipinski definition) is 12. The van der Waals surface area contributed by atoms with Crippen molar-refractivity contribution in [2.75, 3.05) is 5.73 Å². The number of aliphatic hydroxyl groups is 9. The maximum Gasteiger partial charge on any atom is 0.313 e. The SMILES string of the molecule is C[C@H](CC[C@H](O)CC(=O)c1ccc(N)cc1)[C@@H]1OC(=O)CC(=O)C[C@H](O)C[C@@H](O)CCC[C@H](O)C[C@H](O)C[C@@]2(O)C[C@H](O)[C@H](C(=O)O)[C@H](C[C@@H](O[C@H]3O[C@@H](C)[C@H](O)[C@@H](N)[C@@H]3O)C=CC=CC=CC=CC=CC=CC=C[C@@H]1C)O2. The Morgan fingerprint density at radius 2 is 1.32 bits per heavy atom. The lowest BCUT2D eigenvalue weighted by molar-refractivity contribution is -0.308. The molecule has 3 aliphatic heterocycles. The zero-order valence-electron chi connectivity index (χ0n) is 44.8. The number of carbonyl (C=O) groups is 4. The Kier molecular flexibility index (Phi) is 27.6. The first kappa shape index (κ1) is 65.5. The maximum atomic E-state index is 13.3. The molecule has 14 N–H and O–H groups in total. The number of carboxylic acid groups (broad SMARTS) is 1. The molecular formula is C58H84N2O18. The predicted molar refractivity (Wildman–Crippen MR) is 289 cm³/mol. The molecule has 20 nitrogen and oxygen atoms in total. The number of cyclic esters (lactones) is 1. The Balaban J connectivity index is 1.52. The summed E-state index contributed by atoms with van der Waals surface area (Å²) in [5, 5.41) is 108. The Labute approximate surface area is 456 Å². The van der Waals surface area contributed by atoms with Gasteiger partial charge in [0.15, 0.2) is 17.9 Å². The van der Waals surface area contributed by atoms with Crippen LogP contribution in [0, 0.1) is 17.8 Å². The summed E-state index contributed by atoms with van der Waals surface area (Å²) in [5.74, 6) is -7.63. The highest BCUT2D eigenvalue weighted by Gasteiger charge is 2.51. The van der Waals surface area contributed by atoms with Crippen molar-refractivity contribution in [3.8, 4) is 0 Å². The van der Waals surface area contributed by atoms with E-state index in [1.807, 2.05) is 19.9 Å². The molecule has 0 saturated carbocycles. The first-order valence-corrected chi connectivity index (χ1v) is 26.9. The molecule has 2 fully saturated rings. The van der Waals surface area contributed by atoms with Crippen molar-refractivity contribution < 1.29 is 89.2 Å². The van der Waals surface area contributed by atoms with Crippen molar-refractivity contribution in [3.63, 3.8) is 0 Å². The van der Waals surface area contributed by atoms with Crippen molar-refractivity contribution in [2.24, 2.45) is 23.5 Å². The van der Waals surface area contributed by atoms with E-state index in [-0.39, 0.29) is 69.0 Å². The summed E-state index contributed by atoms with van der Waals surface area (Å²) >= 11 is 0. The molecule has 2 bridgehead atoms. The van der Waals surface area contributed by atoms with Gasteiger partial charge in [0.2, 0.25) is 0 Å². The first-order chi connectivity index (χ1) is 36.9. The quantitative estimate of drug-likeness (QED) is 0.0692. The number of nitrogen functional groups attached to an aromatic ring is 1. The fraction of sp³-hybridized carbons (Fsp3) is 0.586. The van der Waals surface area contributed by atoms with E-state index in [0.717, 1.165) is 0 Å². The minimum absolute atomic E-state index is 0.0720. The van der Waals surface area contributed by atoms with Crippen molar-refractivity contribution >= 4 is 29.2 Å². The van der Waals surface area contributed by atoms with Gasteiger partial charge in [0.05, 0.1) is 67.1 Å². The van der Waals surface area contributed by atoms with E-state index in [4.69, 9.17) is 30.4 Å². The van der Waals surface area contributed by atoms with Crippen molar-refractivity contribution in [3.05, 3.63) is 115 Å². The minimum Gasteiger partial charge on any atom is -0.481 e. The van der Waals surface area contributed by atoms with E-state index in [0.29, 0.717) is 17.7 Å². The van der Waals surface area contributed by atoms with Crippen LogP contribution in [0.3, 0.4) is 0 Å². The second-order valence-electron chi connectivity index (χ2n) is 21.0. The molecule has 0 aliphatic carbocycles. The van der Waals surface area contributed by atoms with Gasteiger partial charge in [-0.15, -0.1) is 0 Å². The molecule has 20 heteroatoms. The van der Waals surface area contributed by atoms with Gasteiger partial charge in [0, 0.05) is 49.3 Å². The number of ketones is 2. The molecule has 0 spiro atoms. The Morgan fingerprint density at radius 1 is 0.756 bits per heavy atom. The highest BCUT2D eigenvalue weighted by atomic mass is 16.7. The lowest BCUT2D eigenvalue weighted by Crippen LogP contribution is -2.61. The fourth-order valence-electron chi connectivity index (χ4n) is 9.84. The standard InChI is InChI=1S/C58H84N2O18/c1-35-17-14-12-10-8-6-4-5-7-9-11-13-15-20-46(76-57-54(71)52(60)53(70)37(3)75-57)32-49-51(56(72)73)48(68)34-58(74,78-49)33-45(66)28-41(62)19-16-18-40(61)27-43(64)29-44(65)31-50(69)77-55(35)36(2)21-26-42(63)30-47(67)38-22-24-39(59)25-23-38/h4-15,17,20,22-25,35-37,40-43,45-46,48-49,51-55,57,61-64,66,68,70-71,74H,16,18-19,21,26-34,59-60H2,1-3H3,(H,72,73)/t35-,36+,37-,40-,41-,42-,43+,45-,46-,48-,49-,51-,52+,53-,54-,55+,57+,58-/m0/s1. The molecule has 2 saturated heterocycles. The number of anilines is 1. The van der Waals surface area contributed by atoms with Gasteiger partial charge in [-0.05, 0) is 82.1 Å². The van der Waals surface area contributed by atoms with Gasteiger partial charge in [-0.2, -0.15) is 0 Å². The van der Waals surface area contributed by atoms with Crippen LogP contribution in [-0.2, 0) is 33.3 Å². The number of carboxylic acids is 1. The van der Waals surface area contributed by atoms with Crippen molar-refractivity contribution in [1.29, 1.82) is 0 Å². The summed E-state index contributed by atoms with van der Waals surface area (Å²) in [7, 11) is 0. The van der Waals surface area contributed by atoms with E-state index >= 15 is 0 Å². The molecule has 1 aromatic rings. The Morgan fingerprint density at radius 3 is 1.91 bits per heavy atom. The van der Waals surface area contributed by atoms with Crippen LogP contribution in [0.15, 0.2) is 109 Å². The maximum absolute atomic E-state index is 13.3. The van der Waals surface area contributed by atoms with Crippen LogP contribution < -0.4 is 11.5 Å². The highest BCUT2D eigenvalue weighted by molar-refractivity contribution is 5.96. The molecule has 3 heterocycles. The fourth-order valence-corrected chi connectivity index (χ4v) is 9.84. The molecule has 4 rings (SSSR count). The predicted octanol–water partition coefficient (Wildman–Crippen LogP) is 3.32. The zero-order chi connectivity index (χ0) is 57.5. The van der Waals surface area contributed by atoms with Crippen LogP contribution in [0.2, 0.25) is 0 Å². The monoisotopic (exact) mass is 1100 g/mol. The van der Waals surface area contributed by atoms with E-state index in [1.165, 1.54) is 13.0 Å². The van der Waals surface area contributed by atoms with Crippen LogP contribution in [-0.4, -0.2) is 166 Å². The number of rotatable bonds is 10. The van der Waals surface area contributed by atoms with Crippen LogP contribution in [0.5, 0.6) is 0 Å². The molecule has 0 unspecified atom stereocenters. The number of fused-ring (bicyclic) bond motifs is 2.